The summed E-state index contributed by atoms with van der Waals surface area (Å²) in [6, 6.07) is -0.321. The Morgan fingerprint density at radius 3 is 2.65 bits per heavy atom. The molecule has 0 spiro atoms. The van der Waals surface area contributed by atoms with Gasteiger partial charge < -0.3 is 15.7 Å². The van der Waals surface area contributed by atoms with Crippen molar-refractivity contribution in [3.05, 3.63) is 0 Å². The topological polar surface area (TPSA) is 78.4 Å². The number of carboxylic acids is 1. The Balaban J connectivity index is 2.06. The third-order valence-electron chi connectivity index (χ3n) is 2.61. The lowest BCUT2D eigenvalue weighted by molar-refractivity contribution is -0.143. The molecule has 1 fully saturated rings. The number of carboxylic acid groups (broad SMARTS) is 1. The van der Waals surface area contributed by atoms with E-state index in [0.717, 1.165) is 5.75 Å². The van der Waals surface area contributed by atoms with Crippen LogP contribution in [0.3, 0.4) is 0 Å². The molecule has 1 aliphatic rings. The molecule has 0 unspecified atom stereocenters. The van der Waals surface area contributed by atoms with Gasteiger partial charge in [0.15, 0.2) is 0 Å². The van der Waals surface area contributed by atoms with Crippen LogP contribution >= 0.6 is 11.8 Å². The normalized spacial score (nSPS) is 15.7. The highest BCUT2D eigenvalue weighted by Gasteiger charge is 2.50. The molecule has 17 heavy (non-hydrogen) atoms. The molecule has 0 heterocycles. The maximum atomic E-state index is 11.3. The number of hydrogen-bond acceptors (Lipinski definition) is 3. The number of amides is 2. The SMILES string of the molecule is C#CCSCCNC(=O)NCC1(C(=O)O)CC1. The summed E-state index contributed by atoms with van der Waals surface area (Å²) in [5, 5.41) is 14.1. The molecule has 0 aromatic carbocycles. The van der Waals surface area contributed by atoms with Crippen LogP contribution in [0, 0.1) is 17.8 Å². The maximum absolute atomic E-state index is 11.3. The van der Waals surface area contributed by atoms with Crippen molar-refractivity contribution in [1.82, 2.24) is 10.6 Å². The summed E-state index contributed by atoms with van der Waals surface area (Å²) in [6.45, 7) is 0.726. The van der Waals surface area contributed by atoms with Crippen molar-refractivity contribution in [2.45, 2.75) is 12.8 Å². The fourth-order valence-corrected chi connectivity index (χ4v) is 1.81. The smallest absolute Gasteiger partial charge is 0.314 e. The van der Waals surface area contributed by atoms with E-state index in [4.69, 9.17) is 11.5 Å². The molecule has 1 rings (SSSR count). The molecule has 0 saturated heterocycles. The van der Waals surface area contributed by atoms with Crippen molar-refractivity contribution in [3.8, 4) is 12.3 Å². The van der Waals surface area contributed by atoms with Gasteiger partial charge >= 0.3 is 12.0 Å². The predicted octanol–water partition coefficient (Wildman–Crippen LogP) is 0.517. The van der Waals surface area contributed by atoms with Crippen molar-refractivity contribution < 1.29 is 14.7 Å². The average molecular weight is 256 g/mol. The third kappa shape index (κ3) is 4.57. The van der Waals surface area contributed by atoms with Crippen LogP contribution in [-0.4, -0.2) is 41.7 Å². The van der Waals surface area contributed by atoms with Gasteiger partial charge in [-0.1, -0.05) is 5.92 Å². The highest BCUT2D eigenvalue weighted by molar-refractivity contribution is 7.99. The Kier molecular flexibility index (Phi) is 5.16. The first-order chi connectivity index (χ1) is 8.10. The second-order valence-corrected chi connectivity index (χ2v) is 5.06. The van der Waals surface area contributed by atoms with Crippen molar-refractivity contribution in [3.63, 3.8) is 0 Å². The number of carbonyl (C=O) groups excluding carboxylic acids is 1. The van der Waals surface area contributed by atoms with Crippen LogP contribution in [-0.2, 0) is 4.79 Å². The van der Waals surface area contributed by atoms with E-state index in [1.165, 1.54) is 0 Å². The van der Waals surface area contributed by atoms with E-state index in [9.17, 15) is 9.59 Å². The Labute approximate surface area is 105 Å². The van der Waals surface area contributed by atoms with E-state index in [2.05, 4.69) is 16.6 Å². The van der Waals surface area contributed by atoms with Gasteiger partial charge in [-0.15, -0.1) is 18.2 Å². The minimum atomic E-state index is -0.831. The number of terminal acetylenes is 1. The molecule has 6 heteroatoms. The Morgan fingerprint density at radius 1 is 1.41 bits per heavy atom. The molecule has 1 aliphatic carbocycles. The van der Waals surface area contributed by atoms with E-state index in [0.29, 0.717) is 25.1 Å². The van der Waals surface area contributed by atoms with Crippen molar-refractivity contribution in [1.29, 1.82) is 0 Å². The summed E-state index contributed by atoms with van der Waals surface area (Å²) in [4.78, 5) is 22.1. The van der Waals surface area contributed by atoms with Crippen LogP contribution in [0.1, 0.15) is 12.8 Å². The van der Waals surface area contributed by atoms with Gasteiger partial charge in [0.25, 0.3) is 0 Å². The molecule has 0 aliphatic heterocycles. The second-order valence-electron chi connectivity index (χ2n) is 3.95. The lowest BCUT2D eigenvalue weighted by Gasteiger charge is -2.11. The summed E-state index contributed by atoms with van der Waals surface area (Å²) in [7, 11) is 0. The van der Waals surface area contributed by atoms with E-state index in [-0.39, 0.29) is 12.6 Å². The van der Waals surface area contributed by atoms with Crippen molar-refractivity contribution in [2.75, 3.05) is 24.6 Å². The maximum Gasteiger partial charge on any atom is 0.314 e. The van der Waals surface area contributed by atoms with Gasteiger partial charge in [0.05, 0.1) is 11.2 Å². The number of carbonyl (C=O) groups is 2. The van der Waals surface area contributed by atoms with Crippen LogP contribution in [0.4, 0.5) is 4.79 Å². The highest BCUT2D eigenvalue weighted by atomic mass is 32.2. The van der Waals surface area contributed by atoms with Gasteiger partial charge in [-0.2, -0.15) is 0 Å². The molecule has 0 aromatic rings. The summed E-state index contributed by atoms with van der Waals surface area (Å²) < 4.78 is 0. The largest absolute Gasteiger partial charge is 0.481 e. The van der Waals surface area contributed by atoms with E-state index >= 15 is 0 Å². The van der Waals surface area contributed by atoms with Gasteiger partial charge in [-0.25, -0.2) is 4.79 Å². The lowest BCUT2D eigenvalue weighted by Crippen LogP contribution is -2.41. The monoisotopic (exact) mass is 256 g/mol. The number of urea groups is 1. The van der Waals surface area contributed by atoms with E-state index < -0.39 is 11.4 Å². The number of thioether (sulfide) groups is 1. The summed E-state index contributed by atoms with van der Waals surface area (Å²) >= 11 is 1.56. The lowest BCUT2D eigenvalue weighted by atomic mass is 10.1. The summed E-state index contributed by atoms with van der Waals surface area (Å²) in [5.41, 5.74) is -0.713. The van der Waals surface area contributed by atoms with Gasteiger partial charge in [0.1, 0.15) is 0 Å². The van der Waals surface area contributed by atoms with Crippen LogP contribution in [0.5, 0.6) is 0 Å². The molecule has 0 aromatic heterocycles. The quantitative estimate of drug-likeness (QED) is 0.458. The average Bonchev–Trinajstić information content (AvgIpc) is 3.07. The Morgan fingerprint density at radius 2 is 2.12 bits per heavy atom. The number of aliphatic carboxylic acids is 1. The minimum absolute atomic E-state index is 0.200. The van der Waals surface area contributed by atoms with Crippen LogP contribution < -0.4 is 10.6 Å². The molecule has 1 saturated carbocycles. The molecule has 0 bridgehead atoms. The standard InChI is InChI=1S/C11H16N2O3S/c1-2-6-17-7-5-12-10(16)13-8-11(3-4-11)9(14)15/h1H,3-8H2,(H,14,15)(H2,12,13,16). The zero-order valence-electron chi connectivity index (χ0n) is 9.49. The van der Waals surface area contributed by atoms with Gasteiger partial charge in [-0.05, 0) is 12.8 Å². The van der Waals surface area contributed by atoms with Crippen LogP contribution in [0.25, 0.3) is 0 Å². The first kappa shape index (κ1) is 13.7. The van der Waals surface area contributed by atoms with Gasteiger partial charge in [-0.3, -0.25) is 4.79 Å². The zero-order valence-corrected chi connectivity index (χ0v) is 10.3. The fourth-order valence-electron chi connectivity index (χ4n) is 1.30. The molecule has 5 nitrogen and oxygen atoms in total. The van der Waals surface area contributed by atoms with Crippen LogP contribution in [0.2, 0.25) is 0 Å². The number of hydrogen-bond donors (Lipinski definition) is 3. The Hall–Kier alpha value is -1.35. The van der Waals surface area contributed by atoms with Gasteiger partial charge in [0.2, 0.25) is 0 Å². The molecule has 94 valence electrons. The molecular weight excluding hydrogens is 240 g/mol. The van der Waals surface area contributed by atoms with E-state index in [1.807, 2.05) is 0 Å². The third-order valence-corrected chi connectivity index (χ3v) is 3.48. The van der Waals surface area contributed by atoms with Crippen molar-refractivity contribution >= 4 is 23.8 Å². The molecule has 3 N–H and O–H groups in total. The second kappa shape index (κ2) is 6.40. The number of nitrogens with one attached hydrogen (secondary N) is 2. The molecule has 0 atom stereocenters. The molecule has 2 amide bonds. The highest BCUT2D eigenvalue weighted by Crippen LogP contribution is 2.45. The first-order valence-corrected chi connectivity index (χ1v) is 6.52. The summed E-state index contributed by atoms with van der Waals surface area (Å²) in [5.74, 6) is 3.04. The van der Waals surface area contributed by atoms with E-state index in [1.54, 1.807) is 11.8 Å². The van der Waals surface area contributed by atoms with Crippen LogP contribution in [0.15, 0.2) is 0 Å². The number of rotatable bonds is 7. The molecular formula is C11H16N2O3S. The minimum Gasteiger partial charge on any atom is -0.481 e. The first-order valence-electron chi connectivity index (χ1n) is 5.37. The summed E-state index contributed by atoms with van der Waals surface area (Å²) in [6.07, 6.45) is 6.35. The van der Waals surface area contributed by atoms with Crippen molar-refractivity contribution in [2.24, 2.45) is 5.41 Å². The molecule has 0 radical (unpaired) electrons. The fraction of sp³-hybridized carbons (Fsp3) is 0.636. The van der Waals surface area contributed by atoms with Gasteiger partial charge in [0, 0.05) is 18.8 Å². The Bertz CT molecular complexity index is 334. The zero-order chi connectivity index (χ0) is 12.7. The predicted molar refractivity (Wildman–Crippen MR) is 66.9 cm³/mol.